The third kappa shape index (κ3) is 4.47. The molecular weight excluding hydrogens is 428 g/mol. The summed E-state index contributed by atoms with van der Waals surface area (Å²) in [5, 5.41) is -0.226. The molecule has 0 radical (unpaired) electrons. The van der Waals surface area contributed by atoms with Crippen LogP contribution in [0.4, 0.5) is 0 Å². The van der Waals surface area contributed by atoms with Gasteiger partial charge < -0.3 is 4.98 Å². The summed E-state index contributed by atoms with van der Waals surface area (Å²) in [4.78, 5) is 20.4. The standard InChI is InChI=1S/C24H20N2O3S2/c1-16-8-12-18(13-9-16)21-25-22(30-24(27)19-14-10-17(2)11-15-19)23(26-21)31(28,29)20-6-4-3-5-7-20/h3-15H,1-2H3,(H,25,26). The first kappa shape index (κ1) is 21.1. The van der Waals surface area contributed by atoms with Crippen molar-refractivity contribution in [2.75, 3.05) is 0 Å². The van der Waals surface area contributed by atoms with E-state index in [0.717, 1.165) is 28.5 Å². The Hall–Kier alpha value is -3.16. The van der Waals surface area contributed by atoms with Gasteiger partial charge in [0.1, 0.15) is 10.9 Å². The van der Waals surface area contributed by atoms with Crippen LogP contribution in [0, 0.1) is 13.8 Å². The summed E-state index contributed by atoms with van der Waals surface area (Å²) in [6, 6.07) is 22.8. The Bertz CT molecular complexity index is 1330. The van der Waals surface area contributed by atoms with Crippen molar-refractivity contribution in [3.8, 4) is 11.4 Å². The van der Waals surface area contributed by atoms with E-state index in [-0.39, 0.29) is 20.1 Å². The van der Waals surface area contributed by atoms with Crippen molar-refractivity contribution in [2.24, 2.45) is 0 Å². The molecule has 1 aromatic heterocycles. The molecule has 0 aliphatic rings. The van der Waals surface area contributed by atoms with E-state index in [2.05, 4.69) is 9.97 Å². The topological polar surface area (TPSA) is 79.9 Å². The zero-order valence-corrected chi connectivity index (χ0v) is 18.6. The Morgan fingerprint density at radius 3 is 2.03 bits per heavy atom. The molecule has 3 aromatic carbocycles. The lowest BCUT2D eigenvalue weighted by Crippen LogP contribution is -2.05. The summed E-state index contributed by atoms with van der Waals surface area (Å²) in [7, 11) is -3.89. The molecule has 0 atom stereocenters. The predicted octanol–water partition coefficient (Wildman–Crippen LogP) is 5.46. The molecule has 0 amide bonds. The van der Waals surface area contributed by atoms with Gasteiger partial charge in [-0.1, -0.05) is 77.9 Å². The molecule has 156 valence electrons. The number of carbonyl (C=O) groups is 1. The number of benzene rings is 3. The number of thioether (sulfide) groups is 1. The molecular formula is C24H20N2O3S2. The minimum Gasteiger partial charge on any atom is -0.328 e. The smallest absolute Gasteiger partial charge is 0.225 e. The van der Waals surface area contributed by atoms with Crippen molar-refractivity contribution >= 4 is 26.7 Å². The Balaban J connectivity index is 1.79. The fraction of sp³-hybridized carbons (Fsp3) is 0.0833. The van der Waals surface area contributed by atoms with Gasteiger partial charge in [0, 0.05) is 11.1 Å². The summed E-state index contributed by atoms with van der Waals surface area (Å²) < 4.78 is 26.6. The van der Waals surface area contributed by atoms with Crippen molar-refractivity contribution < 1.29 is 13.2 Å². The van der Waals surface area contributed by atoms with Crippen LogP contribution in [0.1, 0.15) is 21.5 Å². The van der Waals surface area contributed by atoms with Crippen LogP contribution in [0.15, 0.2) is 93.8 Å². The van der Waals surface area contributed by atoms with Crippen LogP contribution < -0.4 is 0 Å². The van der Waals surface area contributed by atoms with Gasteiger partial charge in [-0.15, -0.1) is 0 Å². The highest BCUT2D eigenvalue weighted by Crippen LogP contribution is 2.33. The Labute approximate surface area is 185 Å². The van der Waals surface area contributed by atoms with E-state index >= 15 is 0 Å². The first-order valence-corrected chi connectivity index (χ1v) is 11.9. The minimum atomic E-state index is -3.89. The molecule has 1 heterocycles. The monoisotopic (exact) mass is 448 g/mol. The lowest BCUT2D eigenvalue weighted by atomic mass is 10.1. The van der Waals surface area contributed by atoms with Gasteiger partial charge >= 0.3 is 0 Å². The summed E-state index contributed by atoms with van der Waals surface area (Å²) in [5.41, 5.74) is 3.34. The second-order valence-electron chi connectivity index (χ2n) is 7.16. The van der Waals surface area contributed by atoms with E-state index in [0.29, 0.717) is 11.4 Å². The predicted molar refractivity (Wildman–Crippen MR) is 122 cm³/mol. The number of nitrogens with zero attached hydrogens (tertiary/aromatic N) is 1. The number of hydrogen-bond donors (Lipinski definition) is 1. The van der Waals surface area contributed by atoms with E-state index < -0.39 is 9.84 Å². The molecule has 0 bridgehead atoms. The molecule has 0 spiro atoms. The largest absolute Gasteiger partial charge is 0.328 e. The van der Waals surface area contributed by atoms with Gasteiger partial charge in [0.2, 0.25) is 15.0 Å². The van der Waals surface area contributed by atoms with Crippen molar-refractivity contribution in [1.29, 1.82) is 0 Å². The second kappa shape index (κ2) is 8.53. The fourth-order valence-corrected chi connectivity index (χ4v) is 5.42. The van der Waals surface area contributed by atoms with Crippen molar-refractivity contribution in [2.45, 2.75) is 28.8 Å². The molecule has 7 heteroatoms. The van der Waals surface area contributed by atoms with Crippen LogP contribution >= 0.6 is 11.8 Å². The molecule has 0 saturated heterocycles. The maximum absolute atomic E-state index is 13.3. The molecule has 0 saturated carbocycles. The molecule has 0 fully saturated rings. The van der Waals surface area contributed by atoms with Crippen LogP contribution in [0.5, 0.6) is 0 Å². The number of aromatic nitrogens is 2. The van der Waals surface area contributed by atoms with Gasteiger partial charge in [0.15, 0.2) is 5.03 Å². The maximum atomic E-state index is 13.3. The summed E-state index contributed by atoms with van der Waals surface area (Å²) in [5.74, 6) is 0.397. The molecule has 4 rings (SSSR count). The van der Waals surface area contributed by atoms with Gasteiger partial charge in [-0.25, -0.2) is 13.4 Å². The number of carbonyl (C=O) groups excluding carboxylic acids is 1. The highest BCUT2D eigenvalue weighted by atomic mass is 32.2. The average molecular weight is 449 g/mol. The molecule has 0 aliphatic carbocycles. The average Bonchev–Trinajstić information content (AvgIpc) is 3.20. The van der Waals surface area contributed by atoms with E-state index in [1.165, 1.54) is 12.1 Å². The quantitative estimate of drug-likeness (QED) is 0.410. The highest BCUT2D eigenvalue weighted by molar-refractivity contribution is 8.14. The minimum absolute atomic E-state index is 0.0836. The van der Waals surface area contributed by atoms with Crippen molar-refractivity contribution in [1.82, 2.24) is 9.97 Å². The Morgan fingerprint density at radius 1 is 0.839 bits per heavy atom. The highest BCUT2D eigenvalue weighted by Gasteiger charge is 2.28. The van der Waals surface area contributed by atoms with Crippen molar-refractivity contribution in [3.05, 3.63) is 95.6 Å². The lowest BCUT2D eigenvalue weighted by Gasteiger charge is -2.05. The SMILES string of the molecule is Cc1ccc(C(=O)Sc2nc(-c3ccc(C)cc3)[nH]c2S(=O)(=O)c2ccccc2)cc1. The van der Waals surface area contributed by atoms with Crippen LogP contribution in [0.3, 0.4) is 0 Å². The number of hydrogen-bond acceptors (Lipinski definition) is 5. The number of imidazole rings is 1. The zero-order valence-electron chi connectivity index (χ0n) is 17.0. The van der Waals surface area contributed by atoms with E-state index in [1.54, 1.807) is 30.3 Å². The number of nitrogens with one attached hydrogen (secondary N) is 1. The van der Waals surface area contributed by atoms with Crippen LogP contribution in [0.2, 0.25) is 0 Å². The van der Waals surface area contributed by atoms with Gasteiger partial charge in [0.25, 0.3) is 0 Å². The third-order valence-corrected chi connectivity index (χ3v) is 7.53. The molecule has 5 nitrogen and oxygen atoms in total. The second-order valence-corrected chi connectivity index (χ2v) is 10.0. The fourth-order valence-electron chi connectivity index (χ4n) is 2.99. The van der Waals surface area contributed by atoms with Crippen molar-refractivity contribution in [3.63, 3.8) is 0 Å². The van der Waals surface area contributed by atoms with Gasteiger partial charge in [-0.2, -0.15) is 0 Å². The number of sulfone groups is 1. The van der Waals surface area contributed by atoms with Crippen LogP contribution in [0.25, 0.3) is 11.4 Å². The number of aryl methyl sites for hydroxylation is 2. The molecule has 4 aromatic rings. The Morgan fingerprint density at radius 2 is 1.42 bits per heavy atom. The molecule has 1 N–H and O–H groups in total. The van der Waals surface area contributed by atoms with E-state index in [9.17, 15) is 13.2 Å². The normalized spacial score (nSPS) is 11.4. The van der Waals surface area contributed by atoms with Crippen LogP contribution in [-0.4, -0.2) is 23.5 Å². The molecule has 0 unspecified atom stereocenters. The Kier molecular flexibility index (Phi) is 5.80. The van der Waals surface area contributed by atoms with Crippen LogP contribution in [-0.2, 0) is 9.84 Å². The van der Waals surface area contributed by atoms with E-state index in [1.807, 2.05) is 50.2 Å². The van der Waals surface area contributed by atoms with Gasteiger partial charge in [-0.3, -0.25) is 4.79 Å². The number of rotatable bonds is 5. The van der Waals surface area contributed by atoms with Gasteiger partial charge in [0.05, 0.1) is 4.90 Å². The summed E-state index contributed by atoms with van der Waals surface area (Å²) >= 11 is 0.809. The first-order chi connectivity index (χ1) is 14.8. The maximum Gasteiger partial charge on any atom is 0.225 e. The third-order valence-electron chi connectivity index (χ3n) is 4.76. The summed E-state index contributed by atoms with van der Waals surface area (Å²) in [6.45, 7) is 3.91. The lowest BCUT2D eigenvalue weighted by molar-refractivity contribution is 0.108. The number of H-pyrrole nitrogens is 1. The molecule has 31 heavy (non-hydrogen) atoms. The zero-order chi connectivity index (χ0) is 22.0. The molecule has 0 aliphatic heterocycles. The van der Waals surface area contributed by atoms with E-state index in [4.69, 9.17) is 0 Å². The number of aromatic amines is 1. The first-order valence-electron chi connectivity index (χ1n) is 9.60. The summed E-state index contributed by atoms with van der Waals surface area (Å²) in [6.07, 6.45) is 0. The van der Waals surface area contributed by atoms with Gasteiger partial charge in [-0.05, 0) is 37.7 Å².